The molecule has 670 valence electrons. The van der Waals surface area contributed by atoms with Crippen LogP contribution in [0, 0.1) is 34.9 Å². The fourth-order valence-electron chi connectivity index (χ4n) is 17.0. The van der Waals surface area contributed by atoms with E-state index in [1.165, 1.54) is 138 Å². The minimum atomic E-state index is -0.706. The summed E-state index contributed by atoms with van der Waals surface area (Å²) in [4.78, 5) is 57.9. The van der Waals surface area contributed by atoms with E-state index < -0.39 is 23.3 Å². The Hall–Kier alpha value is -12.9. The molecule has 0 N–H and O–H groups in total. The number of fused-ring (bicyclic) bond motifs is 12. The second-order valence-corrected chi connectivity index (χ2v) is 32.6. The summed E-state index contributed by atoms with van der Waals surface area (Å²) in [6.07, 6.45) is 0. The van der Waals surface area contributed by atoms with Crippen LogP contribution in [0.15, 0.2) is 382 Å². The number of nitrogens with zero attached hydrogens (tertiary/aromatic N) is 15. The van der Waals surface area contributed by atoms with Gasteiger partial charge in [-0.25, -0.2) is 56.2 Å². The maximum absolute atomic E-state index is 14.3. The van der Waals surface area contributed by atoms with Crippen molar-refractivity contribution in [2.24, 2.45) is 0 Å². The summed E-state index contributed by atoms with van der Waals surface area (Å²) >= 11 is 21.9. The number of hydrogen-bond acceptors (Lipinski definition) is 14. The average Bonchev–Trinajstić information content (AvgIpc) is 1.58. The number of rotatable bonds is 13. The van der Waals surface area contributed by atoms with Gasteiger partial charge in [0.25, 0.3) is 6.47 Å². The first kappa shape index (κ1) is 97.3. The van der Waals surface area contributed by atoms with Crippen molar-refractivity contribution in [1.29, 1.82) is 0 Å². The minimum absolute atomic E-state index is 0. The van der Waals surface area contributed by atoms with Crippen LogP contribution in [0.4, 0.5) is 26.3 Å². The van der Waals surface area contributed by atoms with Gasteiger partial charge in [-0.3, -0.25) is 4.79 Å². The van der Waals surface area contributed by atoms with Gasteiger partial charge < -0.3 is 29.8 Å². The summed E-state index contributed by atoms with van der Waals surface area (Å²) in [7, 11) is 0. The molecule has 0 spiro atoms. The van der Waals surface area contributed by atoms with Crippen LogP contribution in [-0.2, 0) is 9.68 Å². The van der Waals surface area contributed by atoms with Crippen molar-refractivity contribution in [2.45, 2.75) is 0 Å². The molecule has 0 radical (unpaired) electrons. The van der Waals surface area contributed by atoms with E-state index in [-0.39, 0.29) is 201 Å². The van der Waals surface area contributed by atoms with Crippen LogP contribution < -0.4 is 143 Å². The van der Waals surface area contributed by atoms with Gasteiger partial charge in [0, 0.05) is 99.1 Å². The summed E-state index contributed by atoms with van der Waals surface area (Å²) in [6.45, 7) is -0.181. The summed E-state index contributed by atoms with van der Waals surface area (Å²) in [5.41, 5.74) is 20.0. The van der Waals surface area contributed by atoms with Gasteiger partial charge in [-0.05, 0) is 271 Å². The predicted molar refractivity (Wildman–Crippen MR) is 530 cm³/mol. The molecule has 0 unspecified atom stereocenters. The van der Waals surface area contributed by atoms with Gasteiger partial charge in [0.05, 0.1) is 66.8 Å². The Morgan fingerprint density at radius 2 is 0.493 bits per heavy atom. The molecule has 0 aliphatic rings. The van der Waals surface area contributed by atoms with Crippen molar-refractivity contribution in [2.75, 3.05) is 0 Å². The van der Waals surface area contributed by atoms with Gasteiger partial charge in [-0.1, -0.05) is 158 Å². The molecule has 0 fully saturated rings. The molecular formula is C110H65Cl4Cs2F6N15O3. The summed E-state index contributed by atoms with van der Waals surface area (Å²) in [5, 5.41) is 18.2. The van der Waals surface area contributed by atoms with E-state index in [4.69, 9.17) is 66.4 Å². The molecule has 16 aromatic carbocycles. The quantitative estimate of drug-likeness (QED) is 0.0455. The van der Waals surface area contributed by atoms with Crippen LogP contribution >= 0.6 is 46.4 Å². The Kier molecular flexibility index (Phi) is 30.2. The standard InChI is InChI=1S/C70H44N6.C21H11F4N3.C15H8ClF2N3.C3Cl3N3.CH2O3.2Cs.H/c1-9-25-61-50(17-1)51-18-2-10-26-62(51)73(61)47-37-33-45(34-38-47)59-44-60(72-70(71-59)46-35-39-48(40-36-46)74-63-27-11-3-19-52(63)53-20-4-12-28-64(53)74)58-43-49(75-65-29-13-5-21-54(65)55-22-6-14-30-66(55)75)41-42-69(58)76-67-31-15-7-23-56(67)57-24-8-16-32-68(57)76;22-14-5-1-12(2-6-14)19-26-20(13-3-7-15(23)8-4-13)28-21(27-19)17-11-16(24)9-10-18(17)25;16-15-20-13(9-1-5-11(17)6-2-9)19-14(21-15)10-3-7-12(18)8-4-10;4-1-7-2(5)9-3(6)8-1;2-1-4-3;;;/h1-44H;1-11H;1-8H;;1,3H;;;/q;;;;;2*+1;-1/p-1. The van der Waals surface area contributed by atoms with Gasteiger partial charge in [-0.2, -0.15) is 24.9 Å². The second kappa shape index (κ2) is 43.5. The van der Waals surface area contributed by atoms with Gasteiger partial charge in [0.1, 0.15) is 34.9 Å². The Bertz CT molecular complexity index is 8200. The van der Waals surface area contributed by atoms with Gasteiger partial charge in [0.2, 0.25) is 21.1 Å². The van der Waals surface area contributed by atoms with Crippen LogP contribution in [0.5, 0.6) is 0 Å². The Morgan fingerprint density at radius 3 is 0.821 bits per heavy atom. The summed E-state index contributed by atoms with van der Waals surface area (Å²) < 4.78 is 89.8. The first-order valence-electron chi connectivity index (χ1n) is 42.7. The molecule has 0 saturated heterocycles. The normalized spacial score (nSPS) is 11.0. The van der Waals surface area contributed by atoms with E-state index in [2.05, 4.69) is 335 Å². The van der Waals surface area contributed by atoms with Gasteiger partial charge >= 0.3 is 138 Å². The zero-order chi connectivity index (χ0) is 94.6. The van der Waals surface area contributed by atoms with E-state index in [1.54, 1.807) is 24.3 Å². The van der Waals surface area contributed by atoms with Crippen molar-refractivity contribution in [3.8, 4) is 114 Å². The third-order valence-electron chi connectivity index (χ3n) is 23.0. The Balaban J connectivity index is 0.000000171. The van der Waals surface area contributed by atoms with E-state index in [0.29, 0.717) is 39.7 Å². The van der Waals surface area contributed by atoms with Crippen molar-refractivity contribution in [3.63, 3.8) is 0 Å². The maximum atomic E-state index is 14.3. The molecular weight excluding hydrogens is 2100 g/mol. The van der Waals surface area contributed by atoms with Crippen LogP contribution in [0.25, 0.3) is 201 Å². The first-order chi connectivity index (χ1) is 67.4. The number of carbonyl (C=O) groups is 1. The van der Waals surface area contributed by atoms with Crippen molar-refractivity contribution in [1.82, 2.24) is 73.1 Å². The molecule has 30 heteroatoms. The van der Waals surface area contributed by atoms with Crippen LogP contribution in [-0.4, -0.2) is 79.6 Å². The van der Waals surface area contributed by atoms with E-state index in [9.17, 15) is 26.3 Å². The molecule has 24 rings (SSSR count). The summed E-state index contributed by atoms with van der Waals surface area (Å²) in [6, 6.07) is 121. The zero-order valence-electron chi connectivity index (χ0n) is 74.7. The number of benzene rings is 16. The number of aromatic nitrogens is 15. The molecule has 0 aliphatic heterocycles. The van der Waals surface area contributed by atoms with E-state index >= 15 is 0 Å². The topological polar surface area (TPSA) is 211 Å². The predicted octanol–water partition coefficient (Wildman–Crippen LogP) is 21.8. The molecule has 0 aliphatic carbocycles. The average molecular weight is 2170 g/mol. The third kappa shape index (κ3) is 20.6. The zero-order valence-corrected chi connectivity index (χ0v) is 89.2. The molecule has 140 heavy (non-hydrogen) atoms. The fraction of sp³-hybridized carbons (Fsp3) is 0. The van der Waals surface area contributed by atoms with Crippen molar-refractivity contribution in [3.05, 3.63) is 438 Å². The van der Waals surface area contributed by atoms with Crippen LogP contribution in [0.2, 0.25) is 21.1 Å². The smallest absolute Gasteiger partial charge is 1.00 e. The monoisotopic (exact) mass is 2160 g/mol. The largest absolute Gasteiger partial charge is 1.00 e. The third-order valence-corrected chi connectivity index (χ3v) is 23.7. The second-order valence-electron chi connectivity index (χ2n) is 31.3. The maximum Gasteiger partial charge on any atom is 1.00 e. The molecule has 0 amide bonds. The molecule has 8 aromatic heterocycles. The molecule has 24 aromatic rings. The number of halogens is 10. The molecule has 0 atom stereocenters. The SMILES string of the molecule is Clc1nc(Cl)nc(Cl)n1.Fc1ccc(-c2nc(-c3ccc(F)cc3)nc(-c3cc(F)ccc3F)n2)cc1.Fc1ccc(-c2nc(Cl)nc(-c3ccc(F)cc3)n2)cc1.O=CO[O-].[Cs+].[Cs+].[H-].c1ccc2c(c1)c1ccccc1n2-c1ccc(-c2cc(-c3cc(-n4c5ccccc5c5ccccc54)ccc3-n3c4ccccc4c4ccccc43)nc(-c3ccc(-n4c5ccccc5c5ccccc54)cc3)n2)cc1. The minimum Gasteiger partial charge on any atom is -1.00 e. The summed E-state index contributed by atoms with van der Waals surface area (Å²) in [5.74, 6) is -1.43. The van der Waals surface area contributed by atoms with E-state index in [1.807, 2.05) is 0 Å². The van der Waals surface area contributed by atoms with Crippen molar-refractivity contribution >= 4 is 140 Å². The Morgan fingerprint density at radius 1 is 0.243 bits per heavy atom. The Labute approximate surface area is 933 Å². The van der Waals surface area contributed by atoms with E-state index in [0.717, 1.165) is 91.1 Å². The van der Waals surface area contributed by atoms with Gasteiger partial charge in [0.15, 0.2) is 34.9 Å². The molecule has 18 nitrogen and oxygen atoms in total. The number of hydrogen-bond donors (Lipinski definition) is 0. The molecule has 0 saturated carbocycles. The van der Waals surface area contributed by atoms with Crippen LogP contribution in [0.3, 0.4) is 0 Å². The van der Waals surface area contributed by atoms with Crippen LogP contribution in [0.1, 0.15) is 1.43 Å². The number of carbonyl (C=O) groups excluding carboxylic acids is 1. The number of para-hydroxylation sites is 8. The fourth-order valence-corrected chi connectivity index (χ4v) is 17.8. The molecule has 8 heterocycles. The van der Waals surface area contributed by atoms with Crippen molar-refractivity contribution < 1.29 is 180 Å². The molecule has 0 bridgehead atoms. The van der Waals surface area contributed by atoms with Gasteiger partial charge in [-0.15, -0.1) is 0 Å². The first-order valence-corrected chi connectivity index (χ1v) is 44.2.